The number of carbonyl (C=O) groups excluding carboxylic acids is 2. The van der Waals surface area contributed by atoms with Crippen LogP contribution < -0.4 is 4.80 Å². The van der Waals surface area contributed by atoms with Crippen LogP contribution in [0.15, 0.2) is 47.5 Å². The molecular weight excluding hydrogens is 343 g/mol. The van der Waals surface area contributed by atoms with Crippen molar-refractivity contribution in [2.24, 2.45) is 4.99 Å². The molecule has 2 aromatic carbocycles. The van der Waals surface area contributed by atoms with E-state index < -0.39 is 17.7 Å². The number of benzene rings is 2. The molecule has 7 heteroatoms. The zero-order valence-electron chi connectivity index (χ0n) is 13.7. The molecule has 128 valence electrons. The van der Waals surface area contributed by atoms with E-state index in [2.05, 4.69) is 4.99 Å². The molecule has 0 radical (unpaired) electrons. The number of thiazole rings is 1. The smallest absolute Gasteiger partial charge is 0.325 e. The first kappa shape index (κ1) is 17.0. The average molecular weight is 358 g/mol. The van der Waals surface area contributed by atoms with Crippen molar-refractivity contribution in [1.82, 2.24) is 4.57 Å². The number of nitrogens with zero attached hydrogens (tertiary/aromatic N) is 2. The quantitative estimate of drug-likeness (QED) is 0.676. The minimum Gasteiger partial charge on any atom is -0.468 e. The molecule has 0 bridgehead atoms. The second-order valence-electron chi connectivity index (χ2n) is 5.39. The molecule has 0 fully saturated rings. The SMILES string of the molecule is COC(=O)Cn1c(=NC(=O)c2ccccc2C)sc2cc(F)ccc21. The van der Waals surface area contributed by atoms with Crippen LogP contribution in [0.3, 0.4) is 0 Å². The lowest BCUT2D eigenvalue weighted by Crippen LogP contribution is -2.22. The summed E-state index contributed by atoms with van der Waals surface area (Å²) in [5.41, 5.74) is 1.91. The van der Waals surface area contributed by atoms with Crippen LogP contribution in [0.4, 0.5) is 4.39 Å². The molecule has 1 amide bonds. The van der Waals surface area contributed by atoms with Crippen molar-refractivity contribution in [2.45, 2.75) is 13.5 Å². The van der Waals surface area contributed by atoms with Crippen LogP contribution in [-0.4, -0.2) is 23.6 Å². The van der Waals surface area contributed by atoms with E-state index in [1.165, 1.54) is 19.2 Å². The Morgan fingerprint density at radius 2 is 2.00 bits per heavy atom. The lowest BCUT2D eigenvalue weighted by Gasteiger charge is -2.04. The number of esters is 1. The van der Waals surface area contributed by atoms with Crippen LogP contribution in [0.2, 0.25) is 0 Å². The Morgan fingerprint density at radius 1 is 1.24 bits per heavy atom. The first-order valence-corrected chi connectivity index (χ1v) is 8.31. The zero-order valence-corrected chi connectivity index (χ0v) is 14.5. The third kappa shape index (κ3) is 3.51. The molecule has 0 aliphatic heterocycles. The van der Waals surface area contributed by atoms with Crippen molar-refractivity contribution in [2.75, 3.05) is 7.11 Å². The van der Waals surface area contributed by atoms with Gasteiger partial charge in [0.05, 0.1) is 17.3 Å². The summed E-state index contributed by atoms with van der Waals surface area (Å²) in [6.07, 6.45) is 0. The Morgan fingerprint density at radius 3 is 2.72 bits per heavy atom. The van der Waals surface area contributed by atoms with Gasteiger partial charge in [0.1, 0.15) is 12.4 Å². The second-order valence-corrected chi connectivity index (χ2v) is 6.40. The van der Waals surface area contributed by atoms with Crippen molar-refractivity contribution >= 4 is 33.4 Å². The minimum atomic E-state index is -0.478. The molecule has 0 aliphatic carbocycles. The van der Waals surface area contributed by atoms with Crippen molar-refractivity contribution in [1.29, 1.82) is 0 Å². The Kier molecular flexibility index (Phi) is 4.76. The van der Waals surface area contributed by atoms with Crippen LogP contribution in [0.25, 0.3) is 10.2 Å². The van der Waals surface area contributed by atoms with E-state index in [0.717, 1.165) is 16.9 Å². The largest absolute Gasteiger partial charge is 0.468 e. The van der Waals surface area contributed by atoms with Crippen molar-refractivity contribution < 1.29 is 18.7 Å². The van der Waals surface area contributed by atoms with E-state index >= 15 is 0 Å². The Hall–Kier alpha value is -2.80. The molecule has 1 heterocycles. The predicted molar refractivity (Wildman–Crippen MR) is 92.9 cm³/mol. The molecule has 3 rings (SSSR count). The summed E-state index contributed by atoms with van der Waals surface area (Å²) in [5, 5.41) is 0. The topological polar surface area (TPSA) is 60.7 Å². The van der Waals surface area contributed by atoms with Gasteiger partial charge >= 0.3 is 5.97 Å². The number of hydrogen-bond acceptors (Lipinski definition) is 4. The van der Waals surface area contributed by atoms with E-state index in [1.807, 2.05) is 19.1 Å². The number of carbonyl (C=O) groups is 2. The molecule has 0 N–H and O–H groups in total. The number of amides is 1. The molecular formula is C18H15FN2O3S. The molecule has 0 saturated heterocycles. The van der Waals surface area contributed by atoms with Gasteiger partial charge in [0.15, 0.2) is 4.80 Å². The Labute approximate surface area is 147 Å². The summed E-state index contributed by atoms with van der Waals surface area (Å²) in [7, 11) is 1.28. The first-order chi connectivity index (χ1) is 12.0. The second kappa shape index (κ2) is 6.98. The summed E-state index contributed by atoms with van der Waals surface area (Å²) in [4.78, 5) is 28.7. The molecule has 0 spiro atoms. The Bertz CT molecular complexity index is 1040. The number of aromatic nitrogens is 1. The maximum atomic E-state index is 13.5. The summed E-state index contributed by atoms with van der Waals surface area (Å²) in [6, 6.07) is 11.3. The number of fused-ring (bicyclic) bond motifs is 1. The lowest BCUT2D eigenvalue weighted by molar-refractivity contribution is -0.141. The Balaban J connectivity index is 2.17. The molecule has 0 atom stereocenters. The third-order valence-electron chi connectivity index (χ3n) is 3.73. The van der Waals surface area contributed by atoms with Gasteiger partial charge in [-0.3, -0.25) is 9.59 Å². The summed E-state index contributed by atoms with van der Waals surface area (Å²) < 4.78 is 20.4. The fourth-order valence-electron chi connectivity index (χ4n) is 2.44. The van der Waals surface area contributed by atoms with Gasteiger partial charge in [-0.05, 0) is 36.8 Å². The van der Waals surface area contributed by atoms with Gasteiger partial charge < -0.3 is 9.30 Å². The van der Waals surface area contributed by atoms with Crippen molar-refractivity contribution in [3.05, 3.63) is 64.2 Å². The highest BCUT2D eigenvalue weighted by molar-refractivity contribution is 7.16. The van der Waals surface area contributed by atoms with Crippen LogP contribution in [0, 0.1) is 12.7 Å². The zero-order chi connectivity index (χ0) is 18.0. The standard InChI is InChI=1S/C18H15FN2O3S/c1-11-5-3-4-6-13(11)17(23)20-18-21(10-16(22)24-2)14-8-7-12(19)9-15(14)25-18/h3-9H,10H2,1-2H3. The van der Waals surface area contributed by atoms with Crippen LogP contribution >= 0.6 is 11.3 Å². The molecule has 0 aliphatic rings. The fourth-order valence-corrected chi connectivity index (χ4v) is 3.49. The predicted octanol–water partition coefficient (Wildman–Crippen LogP) is 3.06. The number of rotatable bonds is 3. The van der Waals surface area contributed by atoms with Crippen molar-refractivity contribution in [3.8, 4) is 0 Å². The van der Waals surface area contributed by atoms with Gasteiger partial charge in [-0.25, -0.2) is 4.39 Å². The van der Waals surface area contributed by atoms with Gasteiger partial charge in [-0.1, -0.05) is 29.5 Å². The van der Waals surface area contributed by atoms with Gasteiger partial charge in [0.25, 0.3) is 5.91 Å². The van der Waals surface area contributed by atoms with Crippen LogP contribution in [0.5, 0.6) is 0 Å². The van der Waals surface area contributed by atoms with Gasteiger partial charge in [-0.2, -0.15) is 4.99 Å². The fraction of sp³-hybridized carbons (Fsp3) is 0.167. The average Bonchev–Trinajstić information content (AvgIpc) is 2.91. The number of hydrogen-bond donors (Lipinski definition) is 0. The van der Waals surface area contributed by atoms with Gasteiger partial charge in [0, 0.05) is 5.56 Å². The maximum Gasteiger partial charge on any atom is 0.325 e. The molecule has 3 aromatic rings. The summed E-state index contributed by atoms with van der Waals surface area (Å²) in [5.74, 6) is -1.28. The molecule has 0 unspecified atom stereocenters. The molecule has 0 saturated carbocycles. The lowest BCUT2D eigenvalue weighted by atomic mass is 10.1. The van der Waals surface area contributed by atoms with E-state index in [0.29, 0.717) is 20.6 Å². The first-order valence-electron chi connectivity index (χ1n) is 7.50. The summed E-state index contributed by atoms with van der Waals surface area (Å²) in [6.45, 7) is 1.72. The van der Waals surface area contributed by atoms with E-state index in [1.54, 1.807) is 22.8 Å². The molecule has 5 nitrogen and oxygen atoms in total. The third-order valence-corrected chi connectivity index (χ3v) is 4.77. The number of halogens is 1. The van der Waals surface area contributed by atoms with Crippen molar-refractivity contribution in [3.63, 3.8) is 0 Å². The van der Waals surface area contributed by atoms with Gasteiger partial charge in [-0.15, -0.1) is 0 Å². The normalized spacial score (nSPS) is 11.7. The molecule has 1 aromatic heterocycles. The number of aryl methyl sites for hydroxylation is 1. The van der Waals surface area contributed by atoms with Crippen LogP contribution in [-0.2, 0) is 16.1 Å². The monoisotopic (exact) mass is 358 g/mol. The highest BCUT2D eigenvalue weighted by Gasteiger charge is 2.13. The van der Waals surface area contributed by atoms with E-state index in [4.69, 9.17) is 4.74 Å². The maximum absolute atomic E-state index is 13.5. The molecule has 25 heavy (non-hydrogen) atoms. The van der Waals surface area contributed by atoms with Crippen LogP contribution in [0.1, 0.15) is 15.9 Å². The summed E-state index contributed by atoms with van der Waals surface area (Å²) >= 11 is 1.15. The van der Waals surface area contributed by atoms with E-state index in [9.17, 15) is 14.0 Å². The van der Waals surface area contributed by atoms with E-state index in [-0.39, 0.29) is 6.54 Å². The number of methoxy groups -OCH3 is 1. The van der Waals surface area contributed by atoms with Gasteiger partial charge in [0.2, 0.25) is 0 Å². The highest BCUT2D eigenvalue weighted by atomic mass is 32.1. The number of ether oxygens (including phenoxy) is 1. The highest BCUT2D eigenvalue weighted by Crippen LogP contribution is 2.19. The minimum absolute atomic E-state index is 0.109.